The molecule has 0 spiro atoms. The van der Waals surface area contributed by atoms with E-state index in [0.29, 0.717) is 16.3 Å². The third-order valence-corrected chi connectivity index (χ3v) is 5.27. The van der Waals surface area contributed by atoms with Gasteiger partial charge in [-0.3, -0.25) is 0 Å². The first kappa shape index (κ1) is 19.6. The summed E-state index contributed by atoms with van der Waals surface area (Å²) in [6.45, 7) is 0. The number of aromatic carboxylic acids is 1. The number of nitrogens with one attached hydrogen (secondary N) is 1. The maximum Gasteiger partial charge on any atom is 0.284 e. The smallest absolute Gasteiger partial charge is 0.284 e. The van der Waals surface area contributed by atoms with E-state index in [1.165, 1.54) is 42.5 Å². The summed E-state index contributed by atoms with van der Waals surface area (Å²) in [6.07, 6.45) is 0. The first-order chi connectivity index (χ1) is 13.3. The highest BCUT2D eigenvalue weighted by Gasteiger charge is 2.16. The second kappa shape index (κ2) is 8.24. The average molecular weight is 414 g/mol. The van der Waals surface area contributed by atoms with Crippen LogP contribution in [0.3, 0.4) is 0 Å². The van der Waals surface area contributed by atoms with E-state index in [2.05, 4.69) is 9.71 Å². The Morgan fingerprint density at radius 3 is 2.18 bits per heavy atom. The predicted octanol–water partition coefficient (Wildman–Crippen LogP) is 2.95. The fraction of sp³-hybridized carbons (Fsp3) is 0. The third kappa shape index (κ3) is 4.76. The van der Waals surface area contributed by atoms with Gasteiger partial charge < -0.3 is 15.2 Å². The van der Waals surface area contributed by atoms with Gasteiger partial charge in [0.25, 0.3) is 10.0 Å². The van der Waals surface area contributed by atoms with E-state index in [-0.39, 0.29) is 16.3 Å². The summed E-state index contributed by atoms with van der Waals surface area (Å²) < 4.78 is 29.4. The molecule has 0 atom stereocenters. The van der Waals surface area contributed by atoms with Gasteiger partial charge >= 0.3 is 0 Å². The Morgan fingerprint density at radius 2 is 1.54 bits per heavy atom. The number of hydrogen-bond donors (Lipinski definition) is 1. The molecule has 0 saturated heterocycles. The molecule has 0 aliphatic heterocycles. The number of anilines is 1. The second-order valence-corrected chi connectivity index (χ2v) is 7.77. The van der Waals surface area contributed by atoms with Crippen molar-refractivity contribution in [3.63, 3.8) is 0 Å². The van der Waals surface area contributed by atoms with Crippen LogP contribution in [0.25, 0.3) is 0 Å². The Kier molecular flexibility index (Phi) is 5.77. The fourth-order valence-corrected chi connectivity index (χ4v) is 3.49. The van der Waals surface area contributed by atoms with Gasteiger partial charge in [-0.2, -0.15) is 8.42 Å². The molecule has 0 heterocycles. The number of carbonyl (C=O) groups excluding carboxylic acids is 1. The second-order valence-electron chi connectivity index (χ2n) is 5.73. The van der Waals surface area contributed by atoms with Gasteiger partial charge in [-0.15, -0.1) is 4.40 Å². The lowest BCUT2D eigenvalue weighted by molar-refractivity contribution is -0.255. The first-order valence-electron chi connectivity index (χ1n) is 8.09. The summed E-state index contributed by atoms with van der Waals surface area (Å²) in [7, 11) is -4.03. The molecule has 0 aliphatic carbocycles. The standard InChI is InChI=1S/C20H15ClN2O4S/c21-16-9-11-18(12-10-16)28(26,27)23-19(14-5-2-1-3-6-14)22-17-8-4-7-15(13-17)20(24)25/h1-13H,(H,22,23)(H,24,25)/p-1. The molecule has 0 bridgehead atoms. The van der Waals surface area contributed by atoms with Gasteiger partial charge in [0, 0.05) is 16.3 Å². The minimum atomic E-state index is -4.03. The van der Waals surface area contributed by atoms with Crippen LogP contribution in [0.4, 0.5) is 5.69 Å². The number of amidine groups is 1. The predicted molar refractivity (Wildman–Crippen MR) is 106 cm³/mol. The van der Waals surface area contributed by atoms with E-state index >= 15 is 0 Å². The SMILES string of the molecule is O=C([O-])c1cccc(NC(=NS(=O)(=O)c2ccc(Cl)cc2)c2ccccc2)c1. The van der Waals surface area contributed by atoms with E-state index in [1.807, 2.05) is 0 Å². The first-order valence-corrected chi connectivity index (χ1v) is 9.91. The number of carbonyl (C=O) groups is 1. The molecule has 3 aromatic rings. The maximum atomic E-state index is 12.7. The van der Waals surface area contributed by atoms with Crippen molar-refractivity contribution in [2.24, 2.45) is 4.40 Å². The minimum absolute atomic E-state index is 0.0179. The molecular formula is C20H14ClN2O4S-. The molecule has 3 rings (SSSR count). The molecule has 3 aromatic carbocycles. The topological polar surface area (TPSA) is 98.7 Å². The Balaban J connectivity index is 2.05. The Hall–Kier alpha value is -3.16. The van der Waals surface area contributed by atoms with Gasteiger partial charge in [0.1, 0.15) is 0 Å². The molecule has 142 valence electrons. The number of rotatable bonds is 5. The van der Waals surface area contributed by atoms with Gasteiger partial charge in [-0.25, -0.2) is 0 Å². The number of nitrogens with zero attached hydrogens (tertiary/aromatic N) is 1. The third-order valence-electron chi connectivity index (χ3n) is 3.73. The van der Waals surface area contributed by atoms with E-state index < -0.39 is 16.0 Å². The van der Waals surface area contributed by atoms with Crippen LogP contribution in [-0.4, -0.2) is 20.2 Å². The molecule has 0 radical (unpaired) electrons. The van der Waals surface area contributed by atoms with Gasteiger partial charge in [0.2, 0.25) is 0 Å². The van der Waals surface area contributed by atoms with Gasteiger partial charge in [0.15, 0.2) is 5.84 Å². The molecule has 28 heavy (non-hydrogen) atoms. The molecule has 0 aliphatic rings. The number of benzene rings is 3. The van der Waals surface area contributed by atoms with Crippen LogP contribution < -0.4 is 10.4 Å². The molecule has 0 saturated carbocycles. The highest BCUT2D eigenvalue weighted by atomic mass is 35.5. The van der Waals surface area contributed by atoms with Crippen molar-refractivity contribution in [3.8, 4) is 0 Å². The van der Waals surface area contributed by atoms with Crippen LogP contribution in [0.5, 0.6) is 0 Å². The lowest BCUT2D eigenvalue weighted by Crippen LogP contribution is -2.22. The molecule has 1 N–H and O–H groups in total. The van der Waals surface area contributed by atoms with Crippen molar-refractivity contribution in [2.45, 2.75) is 4.90 Å². The summed E-state index contributed by atoms with van der Waals surface area (Å²) in [5.41, 5.74) is 0.826. The Bertz CT molecular complexity index is 1130. The number of carboxylic acids is 1. The van der Waals surface area contributed by atoms with Crippen molar-refractivity contribution in [2.75, 3.05) is 5.32 Å². The molecule has 0 aromatic heterocycles. The van der Waals surface area contributed by atoms with E-state index in [0.717, 1.165) is 0 Å². The van der Waals surface area contributed by atoms with Crippen molar-refractivity contribution < 1.29 is 18.3 Å². The highest BCUT2D eigenvalue weighted by Crippen LogP contribution is 2.19. The van der Waals surface area contributed by atoms with Crippen LogP contribution in [0.15, 0.2) is 88.2 Å². The summed E-state index contributed by atoms with van der Waals surface area (Å²) in [5.74, 6) is -1.29. The zero-order valence-corrected chi connectivity index (χ0v) is 15.9. The van der Waals surface area contributed by atoms with Crippen LogP contribution in [0, 0.1) is 0 Å². The molecule has 6 nitrogen and oxygen atoms in total. The summed E-state index contributed by atoms with van der Waals surface area (Å²) in [5, 5.41) is 14.4. The summed E-state index contributed by atoms with van der Waals surface area (Å²) in [6, 6.07) is 20.1. The van der Waals surface area contributed by atoms with Gasteiger partial charge in [0.05, 0.1) is 10.9 Å². The van der Waals surface area contributed by atoms with Crippen LogP contribution in [-0.2, 0) is 10.0 Å². The van der Waals surface area contributed by atoms with Crippen molar-refractivity contribution in [1.82, 2.24) is 0 Å². The van der Waals surface area contributed by atoms with Crippen molar-refractivity contribution >= 4 is 39.1 Å². The average Bonchev–Trinajstić information content (AvgIpc) is 2.68. The van der Waals surface area contributed by atoms with Gasteiger partial charge in [-0.1, -0.05) is 54.1 Å². The molecule has 0 amide bonds. The van der Waals surface area contributed by atoms with Crippen LogP contribution in [0.1, 0.15) is 15.9 Å². The molecule has 8 heteroatoms. The minimum Gasteiger partial charge on any atom is -0.545 e. The quantitative estimate of drug-likeness (QED) is 0.512. The number of sulfonamides is 1. The summed E-state index contributed by atoms with van der Waals surface area (Å²) in [4.78, 5) is 11.1. The van der Waals surface area contributed by atoms with E-state index in [1.54, 1.807) is 36.4 Å². The van der Waals surface area contributed by atoms with Crippen molar-refractivity contribution in [3.05, 3.63) is 95.0 Å². The largest absolute Gasteiger partial charge is 0.545 e. The van der Waals surface area contributed by atoms with E-state index in [9.17, 15) is 18.3 Å². The number of hydrogen-bond acceptors (Lipinski definition) is 4. The molecule has 0 fully saturated rings. The van der Waals surface area contributed by atoms with Crippen LogP contribution in [0.2, 0.25) is 5.02 Å². The zero-order valence-electron chi connectivity index (χ0n) is 14.4. The Morgan fingerprint density at radius 1 is 0.893 bits per heavy atom. The van der Waals surface area contributed by atoms with Gasteiger partial charge in [-0.05, 0) is 42.0 Å². The van der Waals surface area contributed by atoms with Crippen LogP contribution >= 0.6 is 11.6 Å². The Labute approximate surface area is 167 Å². The number of carboxylic acid groups (broad SMARTS) is 1. The van der Waals surface area contributed by atoms with Crippen molar-refractivity contribution in [1.29, 1.82) is 0 Å². The monoisotopic (exact) mass is 413 g/mol. The van der Waals surface area contributed by atoms with E-state index in [4.69, 9.17) is 11.6 Å². The highest BCUT2D eigenvalue weighted by molar-refractivity contribution is 7.90. The lowest BCUT2D eigenvalue weighted by atomic mass is 10.1. The maximum absolute atomic E-state index is 12.7. The molecule has 0 unspecified atom stereocenters. The zero-order chi connectivity index (χ0) is 20.1. The fourth-order valence-electron chi connectivity index (χ4n) is 2.38. The lowest BCUT2D eigenvalue weighted by Gasteiger charge is -2.12. The summed E-state index contributed by atoms with van der Waals surface area (Å²) >= 11 is 5.82. The number of halogens is 1. The normalized spacial score (nSPS) is 11.8. The molecular weight excluding hydrogens is 400 g/mol.